The van der Waals surface area contributed by atoms with Gasteiger partial charge >= 0.3 is 0 Å². The summed E-state index contributed by atoms with van der Waals surface area (Å²) in [5, 5.41) is 8.67. The second kappa shape index (κ2) is 15.9. The van der Waals surface area contributed by atoms with Crippen molar-refractivity contribution >= 4 is 99.5 Å². The summed E-state index contributed by atoms with van der Waals surface area (Å²) in [7, 11) is 0. The average molecular weight is 873 g/mol. The fourth-order valence-corrected chi connectivity index (χ4v) is 10.2. The molecule has 0 unspecified atom stereocenters. The van der Waals surface area contributed by atoms with Crippen LogP contribution in [-0.4, -0.2) is 0 Å². The summed E-state index contributed by atoms with van der Waals surface area (Å²) >= 11 is 0. The van der Waals surface area contributed by atoms with Crippen molar-refractivity contribution in [2.45, 2.75) is 13.8 Å². The van der Waals surface area contributed by atoms with E-state index < -0.39 is 0 Å². The number of furan rings is 2. The third kappa shape index (κ3) is 6.68. The first-order chi connectivity index (χ1) is 33.5. The van der Waals surface area contributed by atoms with E-state index in [0.29, 0.717) is 0 Å². The molecule has 0 saturated carbocycles. The van der Waals surface area contributed by atoms with Crippen LogP contribution in [0.25, 0.3) is 87.7 Å². The lowest BCUT2D eigenvalue weighted by Gasteiger charge is -2.28. The normalized spacial score (nSPS) is 11.7. The van der Waals surface area contributed by atoms with Gasteiger partial charge in [0.15, 0.2) is 0 Å². The number of hydrogen-bond acceptors (Lipinski definition) is 4. The van der Waals surface area contributed by atoms with Crippen molar-refractivity contribution in [3.63, 3.8) is 0 Å². The topological polar surface area (TPSA) is 32.8 Å². The molecule has 68 heavy (non-hydrogen) atoms. The molecule has 13 aromatic rings. The van der Waals surface area contributed by atoms with Crippen LogP contribution in [0.2, 0.25) is 0 Å². The Morgan fingerprint density at radius 1 is 0.294 bits per heavy atom. The molecule has 0 aliphatic carbocycles. The molecule has 0 atom stereocenters. The van der Waals surface area contributed by atoms with Crippen molar-refractivity contribution in [1.29, 1.82) is 0 Å². The van der Waals surface area contributed by atoms with Crippen molar-refractivity contribution in [2.75, 3.05) is 9.80 Å². The molecule has 0 bridgehead atoms. The Hall–Kier alpha value is -8.86. The standard InChI is InChI=1S/C64H44N2O2/c1-41-23-25-47(43-15-7-3-8-16-43)37-58(41)65(51-19-11-5-12-20-51)53-29-27-45-35-56-55-31-32-60-63(64(55)68-61(56)39-49(45)33-53)57-36-46-28-30-54(34-50(46)40-62(57)67-60)66(52-21-13-6-14-22-52)59-38-48(26-24-42(59)2)44-17-9-4-10-18-44/h3-40H,1-2H3. The fourth-order valence-electron chi connectivity index (χ4n) is 10.2. The van der Waals surface area contributed by atoms with Gasteiger partial charge in [0.2, 0.25) is 0 Å². The van der Waals surface area contributed by atoms with E-state index >= 15 is 0 Å². The van der Waals surface area contributed by atoms with Crippen LogP contribution in [0.5, 0.6) is 0 Å². The molecule has 0 amide bonds. The highest BCUT2D eigenvalue weighted by molar-refractivity contribution is 6.24. The van der Waals surface area contributed by atoms with Gasteiger partial charge in [-0.15, -0.1) is 0 Å². The van der Waals surface area contributed by atoms with E-state index in [2.05, 4.69) is 254 Å². The molecule has 0 N–H and O–H groups in total. The van der Waals surface area contributed by atoms with Crippen molar-refractivity contribution in [3.8, 4) is 22.3 Å². The molecule has 0 radical (unpaired) electrons. The number of anilines is 6. The molecule has 0 aliphatic rings. The monoisotopic (exact) mass is 872 g/mol. The molecule has 13 rings (SSSR count). The Bertz CT molecular complexity index is 4040. The minimum Gasteiger partial charge on any atom is -0.456 e. The van der Waals surface area contributed by atoms with E-state index in [1.165, 1.54) is 33.4 Å². The summed E-state index contributed by atoms with van der Waals surface area (Å²) in [6.07, 6.45) is 0. The third-order valence-electron chi connectivity index (χ3n) is 13.6. The number of nitrogens with zero attached hydrogens (tertiary/aromatic N) is 2. The maximum Gasteiger partial charge on any atom is 0.147 e. The highest BCUT2D eigenvalue weighted by atomic mass is 16.3. The van der Waals surface area contributed by atoms with E-state index in [0.717, 1.165) is 99.5 Å². The summed E-state index contributed by atoms with van der Waals surface area (Å²) in [6, 6.07) is 82.6. The first-order valence-electron chi connectivity index (χ1n) is 23.2. The van der Waals surface area contributed by atoms with Crippen molar-refractivity contribution in [3.05, 3.63) is 242 Å². The predicted octanol–water partition coefficient (Wildman–Crippen LogP) is 18.7. The zero-order valence-corrected chi connectivity index (χ0v) is 37.7. The van der Waals surface area contributed by atoms with Gasteiger partial charge in [0, 0.05) is 50.3 Å². The van der Waals surface area contributed by atoms with E-state index in [-0.39, 0.29) is 0 Å². The first kappa shape index (κ1) is 39.5. The first-order valence-corrected chi connectivity index (χ1v) is 23.2. The Balaban J connectivity index is 0.918. The Morgan fingerprint density at radius 3 is 1.28 bits per heavy atom. The quantitative estimate of drug-likeness (QED) is 0.152. The lowest BCUT2D eigenvalue weighted by molar-refractivity contribution is 0.663. The Morgan fingerprint density at radius 2 is 0.765 bits per heavy atom. The van der Waals surface area contributed by atoms with E-state index in [1.807, 2.05) is 0 Å². The third-order valence-corrected chi connectivity index (χ3v) is 13.6. The molecule has 0 fully saturated rings. The highest BCUT2D eigenvalue weighted by Gasteiger charge is 2.21. The van der Waals surface area contributed by atoms with Gasteiger partial charge in [-0.05, 0) is 166 Å². The van der Waals surface area contributed by atoms with Crippen LogP contribution in [0.3, 0.4) is 0 Å². The van der Waals surface area contributed by atoms with Crippen LogP contribution in [0.4, 0.5) is 34.1 Å². The molecule has 0 spiro atoms. The van der Waals surface area contributed by atoms with Gasteiger partial charge in [-0.1, -0.05) is 133 Å². The molecule has 4 nitrogen and oxygen atoms in total. The summed E-state index contributed by atoms with van der Waals surface area (Å²) in [5.74, 6) is 0. The maximum absolute atomic E-state index is 6.93. The summed E-state index contributed by atoms with van der Waals surface area (Å²) in [5.41, 5.74) is 17.1. The molecule has 11 aromatic carbocycles. The SMILES string of the molecule is Cc1ccc(-c2ccccc2)cc1N(c1ccccc1)c1ccc2cc3c(cc2c1)oc1c3ccc2oc3cc4cc(N(c5ccccc5)c5cc(-c6ccccc6)ccc5C)ccc4cc3c21. The fraction of sp³-hybridized carbons (Fsp3) is 0.0312. The van der Waals surface area contributed by atoms with Crippen LogP contribution >= 0.6 is 0 Å². The largest absolute Gasteiger partial charge is 0.456 e. The van der Waals surface area contributed by atoms with Crippen LogP contribution in [0.1, 0.15) is 11.1 Å². The van der Waals surface area contributed by atoms with Crippen molar-refractivity contribution in [2.24, 2.45) is 0 Å². The number of hydrogen-bond donors (Lipinski definition) is 0. The molecule has 2 heterocycles. The predicted molar refractivity (Wildman–Crippen MR) is 286 cm³/mol. The highest BCUT2D eigenvalue weighted by Crippen LogP contribution is 2.45. The average Bonchev–Trinajstić information content (AvgIpc) is 3.94. The number of rotatable bonds is 8. The summed E-state index contributed by atoms with van der Waals surface area (Å²) in [4.78, 5) is 4.72. The van der Waals surface area contributed by atoms with Gasteiger partial charge in [0.1, 0.15) is 22.3 Å². The lowest BCUT2D eigenvalue weighted by atomic mass is 10.00. The number of para-hydroxylation sites is 2. The number of aryl methyl sites for hydroxylation is 2. The summed E-state index contributed by atoms with van der Waals surface area (Å²) < 4.78 is 13.6. The molecule has 0 saturated heterocycles. The van der Waals surface area contributed by atoms with Gasteiger partial charge < -0.3 is 18.6 Å². The zero-order chi connectivity index (χ0) is 45.3. The van der Waals surface area contributed by atoms with Gasteiger partial charge in [-0.2, -0.15) is 0 Å². The Kier molecular flexibility index (Phi) is 9.26. The van der Waals surface area contributed by atoms with Crippen LogP contribution < -0.4 is 9.80 Å². The number of fused-ring (bicyclic) bond motifs is 9. The van der Waals surface area contributed by atoms with Crippen molar-refractivity contribution < 1.29 is 8.83 Å². The molecular weight excluding hydrogens is 829 g/mol. The van der Waals surface area contributed by atoms with E-state index in [1.54, 1.807) is 0 Å². The van der Waals surface area contributed by atoms with E-state index in [9.17, 15) is 0 Å². The maximum atomic E-state index is 6.93. The van der Waals surface area contributed by atoms with Gasteiger partial charge in [-0.3, -0.25) is 0 Å². The zero-order valence-electron chi connectivity index (χ0n) is 37.7. The second-order valence-corrected chi connectivity index (χ2v) is 17.9. The van der Waals surface area contributed by atoms with Gasteiger partial charge in [-0.25, -0.2) is 0 Å². The molecule has 2 aromatic heterocycles. The molecule has 4 heteroatoms. The Labute approximate surface area is 394 Å². The van der Waals surface area contributed by atoms with Crippen molar-refractivity contribution in [1.82, 2.24) is 0 Å². The molecule has 322 valence electrons. The summed E-state index contributed by atoms with van der Waals surface area (Å²) in [6.45, 7) is 4.37. The second-order valence-electron chi connectivity index (χ2n) is 17.9. The molecule has 0 aliphatic heterocycles. The lowest BCUT2D eigenvalue weighted by Crippen LogP contribution is -2.11. The minimum absolute atomic E-state index is 0.805. The minimum atomic E-state index is 0.805. The molecular formula is C64H44N2O2. The van der Waals surface area contributed by atoms with E-state index in [4.69, 9.17) is 8.83 Å². The van der Waals surface area contributed by atoms with Gasteiger partial charge in [0.05, 0.1) is 5.39 Å². The van der Waals surface area contributed by atoms with Crippen LogP contribution in [0, 0.1) is 13.8 Å². The van der Waals surface area contributed by atoms with Gasteiger partial charge in [0.25, 0.3) is 0 Å². The number of benzene rings is 11. The van der Waals surface area contributed by atoms with Crippen LogP contribution in [0.15, 0.2) is 239 Å². The smallest absolute Gasteiger partial charge is 0.147 e. The van der Waals surface area contributed by atoms with Crippen LogP contribution in [-0.2, 0) is 0 Å².